The van der Waals surface area contributed by atoms with E-state index in [0.717, 1.165) is 5.69 Å². The zero-order valence-corrected chi connectivity index (χ0v) is 11.8. The van der Waals surface area contributed by atoms with Gasteiger partial charge in [-0.25, -0.2) is 0 Å². The predicted molar refractivity (Wildman–Crippen MR) is 79.9 cm³/mol. The Morgan fingerprint density at radius 3 is 2.70 bits per heavy atom. The highest BCUT2D eigenvalue weighted by Crippen LogP contribution is 2.06. The smallest absolute Gasteiger partial charge is 0.224 e. The summed E-state index contributed by atoms with van der Waals surface area (Å²) in [7, 11) is 0. The highest BCUT2D eigenvalue weighted by Gasteiger charge is 2.02. The maximum absolute atomic E-state index is 11.5. The molecule has 1 aromatic heterocycles. The first-order valence-corrected chi connectivity index (χ1v) is 6.36. The molecule has 0 aliphatic carbocycles. The van der Waals surface area contributed by atoms with Crippen LogP contribution in [-0.2, 0) is 16.1 Å². The van der Waals surface area contributed by atoms with E-state index in [2.05, 4.69) is 22.2 Å². The minimum atomic E-state index is -0.0972. The molecule has 0 radical (unpaired) electrons. The molecule has 6 heteroatoms. The molecule has 1 heterocycles. The van der Waals surface area contributed by atoms with Gasteiger partial charge in [0.2, 0.25) is 12.3 Å². The zero-order valence-electron chi connectivity index (χ0n) is 11.8. The summed E-state index contributed by atoms with van der Waals surface area (Å²) in [6, 6.07) is 3.53. The molecule has 0 atom stereocenters. The van der Waals surface area contributed by atoms with Crippen molar-refractivity contribution in [3.05, 3.63) is 36.7 Å². The molecule has 0 aliphatic heterocycles. The number of rotatable bonds is 7. The van der Waals surface area contributed by atoms with Gasteiger partial charge in [0.05, 0.1) is 17.6 Å². The molecule has 20 heavy (non-hydrogen) atoms. The van der Waals surface area contributed by atoms with Crippen LogP contribution >= 0.6 is 0 Å². The molecule has 0 saturated heterocycles. The molecule has 0 saturated carbocycles. The van der Waals surface area contributed by atoms with Crippen LogP contribution in [0, 0.1) is 0 Å². The number of nitrogens with two attached hydrogens (primary N) is 1. The molecule has 6 nitrogen and oxygen atoms in total. The maximum atomic E-state index is 11.5. The third kappa shape index (κ3) is 8.82. The van der Waals surface area contributed by atoms with Crippen LogP contribution in [0.3, 0.4) is 0 Å². The van der Waals surface area contributed by atoms with Gasteiger partial charge in [-0.3, -0.25) is 14.6 Å². The molecular formula is C14H22N4O2. The highest BCUT2D eigenvalue weighted by molar-refractivity contribution is 5.90. The van der Waals surface area contributed by atoms with E-state index < -0.39 is 0 Å². The summed E-state index contributed by atoms with van der Waals surface area (Å²) in [5.41, 5.74) is 6.83. The average molecular weight is 278 g/mol. The van der Waals surface area contributed by atoms with Gasteiger partial charge in [-0.2, -0.15) is 0 Å². The summed E-state index contributed by atoms with van der Waals surface area (Å²) in [4.78, 5) is 25.5. The van der Waals surface area contributed by atoms with E-state index in [4.69, 9.17) is 5.73 Å². The van der Waals surface area contributed by atoms with Crippen molar-refractivity contribution >= 4 is 18.0 Å². The molecule has 4 N–H and O–H groups in total. The quantitative estimate of drug-likeness (QED) is 0.396. The van der Waals surface area contributed by atoms with Crippen LogP contribution in [0.1, 0.15) is 25.5 Å². The van der Waals surface area contributed by atoms with Crippen molar-refractivity contribution in [2.24, 2.45) is 5.73 Å². The van der Waals surface area contributed by atoms with E-state index in [9.17, 15) is 9.59 Å². The Balaban J connectivity index is 0.00000110. The van der Waals surface area contributed by atoms with E-state index in [1.54, 1.807) is 24.4 Å². The van der Waals surface area contributed by atoms with Crippen LogP contribution in [-0.4, -0.2) is 23.8 Å². The van der Waals surface area contributed by atoms with Crippen LogP contribution in [0.25, 0.3) is 0 Å². The van der Waals surface area contributed by atoms with Crippen LogP contribution < -0.4 is 16.4 Å². The van der Waals surface area contributed by atoms with Gasteiger partial charge in [-0.1, -0.05) is 6.08 Å². The molecule has 0 spiro atoms. The van der Waals surface area contributed by atoms with Gasteiger partial charge < -0.3 is 16.4 Å². The summed E-state index contributed by atoms with van der Waals surface area (Å²) in [6.07, 6.45) is 4.91. The Hall–Kier alpha value is -2.21. The molecule has 1 rings (SSSR count). The molecule has 0 aromatic carbocycles. The van der Waals surface area contributed by atoms with Gasteiger partial charge in [0, 0.05) is 19.5 Å². The fraction of sp³-hybridized carbons (Fsp3) is 0.357. The molecule has 0 bridgehead atoms. The average Bonchev–Trinajstić information content (AvgIpc) is 2.45. The number of nitrogens with one attached hydrogen (secondary N) is 2. The monoisotopic (exact) mass is 278 g/mol. The Morgan fingerprint density at radius 1 is 1.50 bits per heavy atom. The van der Waals surface area contributed by atoms with Crippen LogP contribution in [0.4, 0.5) is 5.69 Å². The first kappa shape index (κ1) is 17.8. The third-order valence-electron chi connectivity index (χ3n) is 2.13. The molecule has 0 unspecified atom stereocenters. The van der Waals surface area contributed by atoms with E-state index in [1.807, 2.05) is 6.92 Å². The van der Waals surface area contributed by atoms with Crippen molar-refractivity contribution in [1.82, 2.24) is 10.3 Å². The fourth-order valence-electron chi connectivity index (χ4n) is 1.25. The van der Waals surface area contributed by atoms with E-state index >= 15 is 0 Å². The largest absolute Gasteiger partial charge is 0.359 e. The van der Waals surface area contributed by atoms with Crippen molar-refractivity contribution in [2.45, 2.75) is 26.3 Å². The van der Waals surface area contributed by atoms with Gasteiger partial charge in [-0.05, 0) is 25.5 Å². The number of aromatic nitrogens is 1. The SMILES string of the molecule is C=CC.NCc1ccc(NC(=O)CCCNC=O)cn1. The summed E-state index contributed by atoms with van der Waals surface area (Å²) in [5, 5.41) is 5.21. The summed E-state index contributed by atoms with van der Waals surface area (Å²) in [6.45, 7) is 6.13. The third-order valence-corrected chi connectivity index (χ3v) is 2.13. The number of pyridine rings is 1. The number of carbonyl (C=O) groups excluding carboxylic acids is 2. The molecule has 0 fully saturated rings. The topological polar surface area (TPSA) is 97.1 Å². The van der Waals surface area contributed by atoms with Crippen molar-refractivity contribution in [3.8, 4) is 0 Å². The second kappa shape index (κ2) is 11.9. The van der Waals surface area contributed by atoms with E-state index in [0.29, 0.717) is 38.0 Å². The molecule has 0 aliphatic rings. The first-order chi connectivity index (χ1) is 9.67. The van der Waals surface area contributed by atoms with Crippen molar-refractivity contribution in [1.29, 1.82) is 0 Å². The number of hydrogen-bond donors (Lipinski definition) is 3. The number of amides is 2. The highest BCUT2D eigenvalue weighted by atomic mass is 16.1. The first-order valence-electron chi connectivity index (χ1n) is 6.36. The standard InChI is InChI=1S/C11H16N4O2.C3H6/c12-6-9-3-4-10(7-14-9)15-11(17)2-1-5-13-8-16;1-3-2/h3-4,7-8H,1-2,5-6,12H2,(H,13,16)(H,15,17);3H,1H2,2H3. The summed E-state index contributed by atoms with van der Waals surface area (Å²) < 4.78 is 0. The van der Waals surface area contributed by atoms with Crippen molar-refractivity contribution in [2.75, 3.05) is 11.9 Å². The van der Waals surface area contributed by atoms with Crippen LogP contribution in [0.15, 0.2) is 31.0 Å². The lowest BCUT2D eigenvalue weighted by molar-refractivity contribution is -0.116. The second-order valence-corrected chi connectivity index (χ2v) is 3.87. The van der Waals surface area contributed by atoms with Gasteiger partial charge >= 0.3 is 0 Å². The Morgan fingerprint density at radius 2 is 2.20 bits per heavy atom. The fourth-order valence-corrected chi connectivity index (χ4v) is 1.25. The second-order valence-electron chi connectivity index (χ2n) is 3.87. The summed E-state index contributed by atoms with van der Waals surface area (Å²) >= 11 is 0. The molecule has 110 valence electrons. The molecule has 1 aromatic rings. The minimum Gasteiger partial charge on any atom is -0.359 e. The lowest BCUT2D eigenvalue weighted by Crippen LogP contribution is -2.17. The minimum absolute atomic E-state index is 0.0972. The van der Waals surface area contributed by atoms with Crippen LogP contribution in [0.2, 0.25) is 0 Å². The number of anilines is 1. The number of hydrogen-bond acceptors (Lipinski definition) is 4. The van der Waals surface area contributed by atoms with E-state index in [1.165, 1.54) is 0 Å². The van der Waals surface area contributed by atoms with Crippen LogP contribution in [0.5, 0.6) is 0 Å². The summed E-state index contributed by atoms with van der Waals surface area (Å²) in [5.74, 6) is -0.0972. The number of nitrogens with zero attached hydrogens (tertiary/aromatic N) is 1. The van der Waals surface area contributed by atoms with Gasteiger partial charge in [0.15, 0.2) is 0 Å². The molecule has 2 amide bonds. The lowest BCUT2D eigenvalue weighted by atomic mass is 10.3. The van der Waals surface area contributed by atoms with Crippen molar-refractivity contribution < 1.29 is 9.59 Å². The number of carbonyl (C=O) groups is 2. The number of allylic oxidation sites excluding steroid dienone is 1. The normalized spacial score (nSPS) is 8.90. The van der Waals surface area contributed by atoms with Gasteiger partial charge in [0.25, 0.3) is 0 Å². The Kier molecular flexibility index (Phi) is 10.5. The lowest BCUT2D eigenvalue weighted by Gasteiger charge is -2.05. The maximum Gasteiger partial charge on any atom is 0.224 e. The predicted octanol–water partition coefficient (Wildman–Crippen LogP) is 1.20. The molecular weight excluding hydrogens is 256 g/mol. The van der Waals surface area contributed by atoms with Crippen molar-refractivity contribution in [3.63, 3.8) is 0 Å². The van der Waals surface area contributed by atoms with Gasteiger partial charge in [0.1, 0.15) is 0 Å². The van der Waals surface area contributed by atoms with E-state index in [-0.39, 0.29) is 5.91 Å². The Labute approximate surface area is 119 Å². The zero-order chi connectivity index (χ0) is 15.2. The van der Waals surface area contributed by atoms with Gasteiger partial charge in [-0.15, -0.1) is 6.58 Å². The Bertz CT molecular complexity index is 404.